The molecule has 1 aromatic carbocycles. The molecule has 1 aromatic heterocycles. The van der Waals surface area contributed by atoms with Crippen molar-refractivity contribution in [3.05, 3.63) is 53.7 Å². The molecule has 1 heterocycles. The molecule has 0 atom stereocenters. The Bertz CT molecular complexity index is 700. The van der Waals surface area contributed by atoms with Crippen molar-refractivity contribution >= 4 is 12.0 Å². The van der Waals surface area contributed by atoms with Gasteiger partial charge in [0.2, 0.25) is 5.91 Å². The second-order valence-electron chi connectivity index (χ2n) is 6.25. The number of amides is 1. The number of nitrogens with one attached hydrogen (secondary N) is 1. The monoisotopic (exact) mass is 325 g/mol. The van der Waals surface area contributed by atoms with Crippen molar-refractivity contribution < 1.29 is 9.32 Å². The van der Waals surface area contributed by atoms with Gasteiger partial charge in [-0.1, -0.05) is 61.7 Å². The van der Waals surface area contributed by atoms with Gasteiger partial charge in [-0.25, -0.2) is 0 Å². The van der Waals surface area contributed by atoms with Crippen LogP contribution in [0, 0.1) is 0 Å². The number of carbonyl (C=O) groups is 1. The first-order valence-corrected chi connectivity index (χ1v) is 8.60. The molecule has 126 valence electrons. The summed E-state index contributed by atoms with van der Waals surface area (Å²) in [6.07, 6.45) is 9.05. The molecule has 5 heteroatoms. The summed E-state index contributed by atoms with van der Waals surface area (Å²) in [4.78, 5) is 16.9. The lowest BCUT2D eigenvalue weighted by Crippen LogP contribution is -2.47. The molecule has 0 bridgehead atoms. The minimum Gasteiger partial charge on any atom is -0.338 e. The predicted molar refractivity (Wildman–Crippen MR) is 92.1 cm³/mol. The SMILES string of the molecule is CCc1noc(C2(NC(=O)C=Cc3ccccc3)CCCCC2)n1. The van der Waals surface area contributed by atoms with Crippen molar-refractivity contribution in [2.24, 2.45) is 0 Å². The highest BCUT2D eigenvalue weighted by Gasteiger charge is 2.40. The minimum atomic E-state index is -0.531. The van der Waals surface area contributed by atoms with Crippen LogP contribution in [-0.2, 0) is 16.8 Å². The molecule has 5 nitrogen and oxygen atoms in total. The lowest BCUT2D eigenvalue weighted by molar-refractivity contribution is -0.119. The minimum absolute atomic E-state index is 0.128. The van der Waals surface area contributed by atoms with Crippen molar-refractivity contribution in [2.75, 3.05) is 0 Å². The first-order chi connectivity index (χ1) is 11.7. The predicted octanol–water partition coefficient (Wildman–Crippen LogP) is 3.62. The number of aryl methyl sites for hydroxylation is 1. The average molecular weight is 325 g/mol. The van der Waals surface area contributed by atoms with Crippen LogP contribution in [0.3, 0.4) is 0 Å². The second-order valence-corrected chi connectivity index (χ2v) is 6.25. The highest BCUT2D eigenvalue weighted by atomic mass is 16.5. The van der Waals surface area contributed by atoms with Crippen molar-refractivity contribution in [2.45, 2.75) is 51.0 Å². The van der Waals surface area contributed by atoms with Crippen molar-refractivity contribution in [1.82, 2.24) is 15.5 Å². The highest BCUT2D eigenvalue weighted by molar-refractivity contribution is 5.92. The molecule has 1 aliphatic rings. The molecule has 2 aromatic rings. The largest absolute Gasteiger partial charge is 0.338 e. The van der Waals surface area contributed by atoms with Gasteiger partial charge in [0.1, 0.15) is 5.54 Å². The number of rotatable bonds is 5. The molecule has 1 N–H and O–H groups in total. The Morgan fingerprint density at radius 2 is 2.00 bits per heavy atom. The van der Waals surface area contributed by atoms with E-state index in [0.29, 0.717) is 11.7 Å². The molecule has 0 spiro atoms. The molecule has 1 fully saturated rings. The third-order valence-corrected chi connectivity index (χ3v) is 4.49. The van der Waals surface area contributed by atoms with Gasteiger partial charge >= 0.3 is 0 Å². The van der Waals surface area contributed by atoms with E-state index in [4.69, 9.17) is 4.52 Å². The Morgan fingerprint density at radius 1 is 1.25 bits per heavy atom. The van der Waals surface area contributed by atoms with E-state index in [1.54, 1.807) is 6.08 Å². The lowest BCUT2D eigenvalue weighted by Gasteiger charge is -2.34. The van der Waals surface area contributed by atoms with Crippen LogP contribution < -0.4 is 5.32 Å². The second kappa shape index (κ2) is 7.43. The van der Waals surface area contributed by atoms with Crippen LogP contribution in [0.4, 0.5) is 0 Å². The summed E-state index contributed by atoms with van der Waals surface area (Å²) in [5.41, 5.74) is 0.466. The third kappa shape index (κ3) is 3.72. The van der Waals surface area contributed by atoms with E-state index in [-0.39, 0.29) is 5.91 Å². The van der Waals surface area contributed by atoms with Crippen LogP contribution in [0.1, 0.15) is 56.3 Å². The Morgan fingerprint density at radius 3 is 2.67 bits per heavy atom. The van der Waals surface area contributed by atoms with Crippen molar-refractivity contribution in [3.63, 3.8) is 0 Å². The quantitative estimate of drug-likeness (QED) is 0.853. The van der Waals surface area contributed by atoms with Gasteiger partial charge in [-0.05, 0) is 24.5 Å². The number of nitrogens with zero attached hydrogens (tertiary/aromatic N) is 2. The molecule has 24 heavy (non-hydrogen) atoms. The number of carbonyl (C=O) groups excluding carboxylic acids is 1. The van der Waals surface area contributed by atoms with Gasteiger partial charge < -0.3 is 9.84 Å². The molecule has 0 saturated heterocycles. The molecular formula is C19H23N3O2. The number of hydrogen-bond acceptors (Lipinski definition) is 4. The van der Waals surface area contributed by atoms with Crippen LogP contribution in [0.5, 0.6) is 0 Å². The maximum absolute atomic E-state index is 12.5. The van der Waals surface area contributed by atoms with Crippen LogP contribution in [-0.4, -0.2) is 16.0 Å². The zero-order chi connectivity index (χ0) is 16.8. The Balaban J connectivity index is 1.76. The van der Waals surface area contributed by atoms with Gasteiger partial charge in [0.05, 0.1) is 0 Å². The molecule has 0 aliphatic heterocycles. The number of hydrogen-bond donors (Lipinski definition) is 1. The van der Waals surface area contributed by atoms with Crippen LogP contribution >= 0.6 is 0 Å². The average Bonchev–Trinajstić information content (AvgIpc) is 3.12. The summed E-state index contributed by atoms with van der Waals surface area (Å²) in [6, 6.07) is 9.78. The van der Waals surface area contributed by atoms with Crippen LogP contribution in [0.25, 0.3) is 6.08 Å². The van der Waals surface area contributed by atoms with Gasteiger partial charge in [0.15, 0.2) is 5.82 Å². The van der Waals surface area contributed by atoms with E-state index in [1.807, 2.05) is 43.3 Å². The van der Waals surface area contributed by atoms with Gasteiger partial charge in [-0.2, -0.15) is 4.98 Å². The van der Waals surface area contributed by atoms with E-state index in [2.05, 4.69) is 15.5 Å². The molecule has 1 saturated carbocycles. The summed E-state index contributed by atoms with van der Waals surface area (Å²) in [6.45, 7) is 1.99. The highest BCUT2D eigenvalue weighted by Crippen LogP contribution is 2.36. The standard InChI is InChI=1S/C19H23N3O2/c1-2-16-20-18(24-22-16)19(13-7-4-8-14-19)21-17(23)12-11-15-9-5-3-6-10-15/h3,5-6,9-12H,2,4,7-8,13-14H2,1H3,(H,21,23). The molecule has 1 aliphatic carbocycles. The fourth-order valence-corrected chi connectivity index (χ4v) is 3.15. The van der Waals surface area contributed by atoms with Gasteiger partial charge in [-0.3, -0.25) is 4.79 Å². The van der Waals surface area contributed by atoms with E-state index in [1.165, 1.54) is 6.42 Å². The van der Waals surface area contributed by atoms with Gasteiger partial charge in [-0.15, -0.1) is 0 Å². The van der Waals surface area contributed by atoms with Crippen LogP contribution in [0.15, 0.2) is 40.9 Å². The molecular weight excluding hydrogens is 302 g/mol. The van der Waals surface area contributed by atoms with Crippen molar-refractivity contribution in [3.8, 4) is 0 Å². The summed E-state index contributed by atoms with van der Waals surface area (Å²) in [7, 11) is 0. The first kappa shape index (κ1) is 16.4. The number of benzene rings is 1. The van der Waals surface area contributed by atoms with Crippen molar-refractivity contribution in [1.29, 1.82) is 0 Å². The topological polar surface area (TPSA) is 68.0 Å². The first-order valence-electron chi connectivity index (χ1n) is 8.60. The van der Waals surface area contributed by atoms with E-state index < -0.39 is 5.54 Å². The summed E-state index contributed by atoms with van der Waals surface area (Å²) in [5, 5.41) is 7.13. The maximum atomic E-state index is 12.5. The van der Waals surface area contributed by atoms with E-state index >= 15 is 0 Å². The Hall–Kier alpha value is -2.43. The zero-order valence-corrected chi connectivity index (χ0v) is 14.0. The summed E-state index contributed by atoms with van der Waals surface area (Å²) >= 11 is 0. The zero-order valence-electron chi connectivity index (χ0n) is 14.0. The third-order valence-electron chi connectivity index (χ3n) is 4.49. The van der Waals surface area contributed by atoms with E-state index in [9.17, 15) is 4.79 Å². The smallest absolute Gasteiger partial charge is 0.252 e. The summed E-state index contributed by atoms with van der Waals surface area (Å²) < 4.78 is 5.46. The number of aromatic nitrogens is 2. The Labute approximate surface area is 142 Å². The van der Waals surface area contributed by atoms with E-state index in [0.717, 1.165) is 37.7 Å². The molecule has 0 radical (unpaired) electrons. The van der Waals surface area contributed by atoms with Gasteiger partial charge in [0, 0.05) is 12.5 Å². The van der Waals surface area contributed by atoms with Gasteiger partial charge in [0.25, 0.3) is 5.89 Å². The fourth-order valence-electron chi connectivity index (χ4n) is 3.15. The lowest BCUT2D eigenvalue weighted by atomic mass is 9.81. The van der Waals surface area contributed by atoms with Crippen LogP contribution in [0.2, 0.25) is 0 Å². The molecule has 1 amide bonds. The Kier molecular flexibility index (Phi) is 5.08. The fraction of sp³-hybridized carbons (Fsp3) is 0.421. The normalized spacial score (nSPS) is 17.0. The summed E-state index contributed by atoms with van der Waals surface area (Å²) in [5.74, 6) is 1.10. The maximum Gasteiger partial charge on any atom is 0.252 e. The molecule has 0 unspecified atom stereocenters. The molecule has 3 rings (SSSR count).